The van der Waals surface area contributed by atoms with Crippen LogP contribution in [-0.4, -0.2) is 59.1 Å². The Bertz CT molecular complexity index is 640. The third-order valence-electron chi connectivity index (χ3n) is 3.75. The van der Waals surface area contributed by atoms with Gasteiger partial charge < -0.3 is 10.2 Å². The van der Waals surface area contributed by atoms with Gasteiger partial charge in [0, 0.05) is 6.42 Å². The van der Waals surface area contributed by atoms with Crippen LogP contribution in [0.25, 0.3) is 0 Å². The molecule has 0 radical (unpaired) electrons. The van der Waals surface area contributed by atoms with E-state index in [1.165, 1.54) is 19.3 Å². The summed E-state index contributed by atoms with van der Waals surface area (Å²) in [5.41, 5.74) is 0. The summed E-state index contributed by atoms with van der Waals surface area (Å²) >= 11 is 0. The second-order valence-electron chi connectivity index (χ2n) is 6.39. The van der Waals surface area contributed by atoms with Gasteiger partial charge in [-0.15, -0.1) is 0 Å². The topological polar surface area (TPSA) is 183 Å². The van der Waals surface area contributed by atoms with Crippen LogP contribution in [0.4, 0.5) is 0 Å². The van der Waals surface area contributed by atoms with Crippen molar-refractivity contribution in [1.82, 2.24) is 0 Å². The van der Waals surface area contributed by atoms with E-state index in [9.17, 15) is 26.4 Å². The van der Waals surface area contributed by atoms with E-state index in [2.05, 4.69) is 6.92 Å². The Labute approximate surface area is 166 Å². The molecule has 0 saturated heterocycles. The second-order valence-corrected chi connectivity index (χ2v) is 9.56. The summed E-state index contributed by atoms with van der Waals surface area (Å²) in [6, 6.07) is 0. The molecule has 12 heteroatoms. The van der Waals surface area contributed by atoms with Gasteiger partial charge in [-0.2, -0.15) is 16.8 Å². The molecule has 4 N–H and O–H groups in total. The largest absolute Gasteiger partial charge is 0.481 e. The third-order valence-corrected chi connectivity index (χ3v) is 5.71. The summed E-state index contributed by atoms with van der Waals surface area (Å²) in [5, 5.41) is 15.0. The minimum atomic E-state index is -4.62. The highest BCUT2D eigenvalue weighted by Crippen LogP contribution is 2.12. The molecule has 0 saturated carbocycles. The van der Waals surface area contributed by atoms with Gasteiger partial charge in [0.15, 0.2) is 5.25 Å². The number of carbonyl (C=O) groups is 2. The van der Waals surface area contributed by atoms with Gasteiger partial charge in [0.05, 0.1) is 5.75 Å². The molecule has 0 heterocycles. The molecule has 0 aromatic rings. The summed E-state index contributed by atoms with van der Waals surface area (Å²) in [6.07, 6.45) is 6.91. The molecule has 1 unspecified atom stereocenters. The highest BCUT2D eigenvalue weighted by molar-refractivity contribution is 7.87. The summed E-state index contributed by atoms with van der Waals surface area (Å²) in [7, 11) is -8.61. The lowest BCUT2D eigenvalue weighted by molar-refractivity contribution is -0.138. The van der Waals surface area contributed by atoms with Gasteiger partial charge in [0.2, 0.25) is 0 Å². The highest BCUT2D eigenvalue weighted by atomic mass is 32.2. The minimum Gasteiger partial charge on any atom is -0.481 e. The van der Waals surface area contributed by atoms with Crippen molar-refractivity contribution in [2.45, 2.75) is 82.8 Å². The van der Waals surface area contributed by atoms with Crippen LogP contribution >= 0.6 is 0 Å². The number of hydrogen-bond acceptors (Lipinski definition) is 6. The number of carboxylic acids is 2. The maximum absolute atomic E-state index is 10.7. The van der Waals surface area contributed by atoms with E-state index < -0.39 is 37.4 Å². The first-order valence-corrected chi connectivity index (χ1v) is 12.3. The minimum absolute atomic E-state index is 0.211. The van der Waals surface area contributed by atoms with Crippen LogP contribution in [0.3, 0.4) is 0 Å². The molecule has 0 rings (SSSR count). The van der Waals surface area contributed by atoms with Crippen molar-refractivity contribution in [1.29, 1.82) is 0 Å². The molecular formula is C16H32O10S2. The monoisotopic (exact) mass is 448 g/mol. The van der Waals surface area contributed by atoms with Crippen LogP contribution in [0.2, 0.25) is 0 Å². The fourth-order valence-electron chi connectivity index (χ4n) is 2.25. The molecule has 0 aromatic carbocycles. The van der Waals surface area contributed by atoms with Gasteiger partial charge in [-0.1, -0.05) is 51.9 Å². The average molecular weight is 449 g/mol. The molecule has 0 spiro atoms. The average Bonchev–Trinajstić information content (AvgIpc) is 2.51. The van der Waals surface area contributed by atoms with Crippen LogP contribution in [-0.2, 0) is 29.8 Å². The van der Waals surface area contributed by atoms with Gasteiger partial charge >= 0.3 is 11.9 Å². The van der Waals surface area contributed by atoms with E-state index in [4.69, 9.17) is 19.3 Å². The Morgan fingerprint density at radius 2 is 1.29 bits per heavy atom. The predicted molar refractivity (Wildman–Crippen MR) is 103 cm³/mol. The molecule has 0 aromatic heterocycles. The molecule has 0 fully saturated rings. The Morgan fingerprint density at radius 3 is 1.71 bits per heavy atom. The van der Waals surface area contributed by atoms with E-state index in [1.54, 1.807) is 0 Å². The molecule has 10 nitrogen and oxygen atoms in total. The zero-order valence-corrected chi connectivity index (χ0v) is 17.8. The van der Waals surface area contributed by atoms with Crippen molar-refractivity contribution >= 4 is 32.2 Å². The number of aliphatic carboxylic acids is 2. The normalized spacial score (nSPS) is 12.7. The van der Waals surface area contributed by atoms with Crippen molar-refractivity contribution in [3.05, 3.63) is 0 Å². The Morgan fingerprint density at radius 1 is 0.786 bits per heavy atom. The van der Waals surface area contributed by atoms with E-state index in [0.29, 0.717) is 19.3 Å². The first-order chi connectivity index (χ1) is 12.8. The maximum atomic E-state index is 10.7. The molecular weight excluding hydrogens is 416 g/mol. The second kappa shape index (κ2) is 15.7. The van der Waals surface area contributed by atoms with Gasteiger partial charge in [-0.05, 0) is 19.3 Å². The number of unbranched alkanes of at least 4 members (excludes halogenated alkanes) is 7. The van der Waals surface area contributed by atoms with Crippen LogP contribution < -0.4 is 0 Å². The molecule has 0 bridgehead atoms. The number of hydrogen-bond donors (Lipinski definition) is 4. The van der Waals surface area contributed by atoms with E-state index in [0.717, 1.165) is 12.8 Å². The first kappa shape index (κ1) is 29.0. The van der Waals surface area contributed by atoms with Crippen LogP contribution in [0, 0.1) is 0 Å². The highest BCUT2D eigenvalue weighted by Gasteiger charge is 2.29. The van der Waals surface area contributed by atoms with Crippen LogP contribution in [0.15, 0.2) is 0 Å². The fourth-order valence-corrected chi connectivity index (χ4v) is 3.54. The Kier molecular flexibility index (Phi) is 16.2. The molecule has 1 atom stereocenters. The lowest BCUT2D eigenvalue weighted by Gasteiger charge is -2.08. The molecule has 168 valence electrons. The van der Waals surface area contributed by atoms with Crippen LogP contribution in [0.1, 0.15) is 77.6 Å². The van der Waals surface area contributed by atoms with Crippen molar-refractivity contribution in [2.75, 3.05) is 5.75 Å². The van der Waals surface area contributed by atoms with Gasteiger partial charge in [-0.25, -0.2) is 0 Å². The molecule has 0 aliphatic heterocycles. The molecule has 28 heavy (non-hydrogen) atoms. The van der Waals surface area contributed by atoms with E-state index >= 15 is 0 Å². The Hall–Kier alpha value is -1.24. The predicted octanol–water partition coefficient (Wildman–Crippen LogP) is 2.60. The zero-order chi connectivity index (χ0) is 22.2. The van der Waals surface area contributed by atoms with Gasteiger partial charge in [-0.3, -0.25) is 18.7 Å². The summed E-state index contributed by atoms with van der Waals surface area (Å²) in [4.78, 5) is 20.6. The smallest absolute Gasteiger partial charge is 0.324 e. The fraction of sp³-hybridized carbons (Fsp3) is 0.875. The quantitative estimate of drug-likeness (QED) is 0.214. The molecule has 0 amide bonds. The maximum Gasteiger partial charge on any atom is 0.324 e. The standard InChI is InChI=1S/C8H16O8S2.C8H16O2/c9-8(10)7(18(14,15)16)5-3-1-2-4-6-17(11,12)13;1-2-3-4-5-6-7-8(9)10/h7H,1-6H2,(H,9,10)(H,11,12,13)(H,14,15,16);2-7H2,1H3,(H,9,10). The van der Waals surface area contributed by atoms with Crippen molar-refractivity contribution in [3.8, 4) is 0 Å². The molecule has 0 aliphatic rings. The first-order valence-electron chi connectivity index (χ1n) is 9.17. The van der Waals surface area contributed by atoms with E-state index in [1.807, 2.05) is 0 Å². The van der Waals surface area contributed by atoms with Crippen molar-refractivity contribution < 1.29 is 45.7 Å². The SMILES string of the molecule is CCCCCCCC(=O)O.O=C(O)C(CCCCCCS(=O)(=O)O)S(=O)(=O)O. The summed E-state index contributed by atoms with van der Waals surface area (Å²) in [6.45, 7) is 2.15. The summed E-state index contributed by atoms with van der Waals surface area (Å²) in [5.74, 6) is -2.67. The van der Waals surface area contributed by atoms with Gasteiger partial charge in [0.25, 0.3) is 20.2 Å². The summed E-state index contributed by atoms with van der Waals surface area (Å²) < 4.78 is 59.2. The van der Waals surface area contributed by atoms with Crippen LogP contribution in [0.5, 0.6) is 0 Å². The molecule has 0 aliphatic carbocycles. The number of carboxylic acid groups (broad SMARTS) is 2. The van der Waals surface area contributed by atoms with E-state index in [-0.39, 0.29) is 25.0 Å². The number of rotatable bonds is 15. The lowest BCUT2D eigenvalue weighted by atomic mass is 10.1. The lowest BCUT2D eigenvalue weighted by Crippen LogP contribution is -2.29. The Balaban J connectivity index is 0. The third kappa shape index (κ3) is 21.1. The van der Waals surface area contributed by atoms with Crippen molar-refractivity contribution in [3.63, 3.8) is 0 Å². The van der Waals surface area contributed by atoms with Gasteiger partial charge in [0.1, 0.15) is 0 Å². The zero-order valence-electron chi connectivity index (χ0n) is 16.1. The van der Waals surface area contributed by atoms with Crippen molar-refractivity contribution in [2.24, 2.45) is 0 Å².